The Morgan fingerprint density at radius 1 is 0.947 bits per heavy atom. The van der Waals surface area contributed by atoms with Crippen LogP contribution in [0, 0.1) is 6.92 Å². The van der Waals surface area contributed by atoms with Crippen LogP contribution in [0.2, 0.25) is 15.1 Å². The Morgan fingerprint density at radius 3 is 2.32 bits per heavy atom. The number of ether oxygens (including phenoxy) is 1. The molecule has 0 saturated carbocycles. The second-order valence-corrected chi connectivity index (χ2v) is 5.83. The molecule has 100 valence electrons. The second-order valence-electron chi connectivity index (χ2n) is 4.04. The first-order chi connectivity index (χ1) is 9.01. The van der Waals surface area contributed by atoms with Gasteiger partial charge in [-0.15, -0.1) is 0 Å². The molecule has 0 fully saturated rings. The highest BCUT2D eigenvalue weighted by atomic mass is 79.9. The average Bonchev–Trinajstić information content (AvgIpc) is 2.37. The summed E-state index contributed by atoms with van der Waals surface area (Å²) in [4.78, 5) is 0. The van der Waals surface area contributed by atoms with E-state index in [0.717, 1.165) is 11.3 Å². The zero-order valence-corrected chi connectivity index (χ0v) is 13.9. The quantitative estimate of drug-likeness (QED) is 0.428. The average molecular weight is 380 g/mol. The highest BCUT2D eigenvalue weighted by molar-refractivity contribution is 9.08. The molecule has 0 aromatic heterocycles. The maximum absolute atomic E-state index is 6.10. The van der Waals surface area contributed by atoms with Gasteiger partial charge in [-0.2, -0.15) is 0 Å². The second kappa shape index (κ2) is 6.36. The lowest BCUT2D eigenvalue weighted by molar-refractivity contribution is 0.479. The molecule has 0 spiro atoms. The number of halogens is 4. The molecule has 1 nitrogen and oxygen atoms in total. The SMILES string of the molecule is Cc1ccc(Oc2cc(Cl)c(Cl)cc2Cl)c(CBr)c1. The molecule has 2 rings (SSSR count). The number of rotatable bonds is 3. The van der Waals surface area contributed by atoms with E-state index < -0.39 is 0 Å². The van der Waals surface area contributed by atoms with Crippen LogP contribution in [0.5, 0.6) is 11.5 Å². The first-order valence-electron chi connectivity index (χ1n) is 5.49. The molecule has 2 aromatic carbocycles. The summed E-state index contributed by atoms with van der Waals surface area (Å²) in [5.74, 6) is 1.23. The Balaban J connectivity index is 2.39. The largest absolute Gasteiger partial charge is 0.455 e. The van der Waals surface area contributed by atoms with Crippen LogP contribution in [0.4, 0.5) is 0 Å². The van der Waals surface area contributed by atoms with Crippen molar-refractivity contribution in [2.24, 2.45) is 0 Å². The van der Waals surface area contributed by atoms with Crippen LogP contribution in [0.3, 0.4) is 0 Å². The summed E-state index contributed by atoms with van der Waals surface area (Å²) >= 11 is 21.4. The summed E-state index contributed by atoms with van der Waals surface area (Å²) in [5.41, 5.74) is 2.21. The van der Waals surface area contributed by atoms with Gasteiger partial charge in [0.1, 0.15) is 11.5 Å². The summed E-state index contributed by atoms with van der Waals surface area (Å²) in [6, 6.07) is 9.13. The van der Waals surface area contributed by atoms with Crippen molar-refractivity contribution in [1.82, 2.24) is 0 Å². The molecular weight excluding hydrogens is 370 g/mol. The van der Waals surface area contributed by atoms with E-state index in [9.17, 15) is 0 Å². The highest BCUT2D eigenvalue weighted by Gasteiger charge is 2.10. The fraction of sp³-hybridized carbons (Fsp3) is 0.143. The van der Waals surface area contributed by atoms with Gasteiger partial charge in [-0.25, -0.2) is 0 Å². The van der Waals surface area contributed by atoms with Gasteiger partial charge in [-0.05, 0) is 19.1 Å². The van der Waals surface area contributed by atoms with E-state index in [0.29, 0.717) is 26.1 Å². The minimum absolute atomic E-state index is 0.406. The van der Waals surface area contributed by atoms with Gasteiger partial charge < -0.3 is 4.74 Å². The fourth-order valence-corrected chi connectivity index (χ4v) is 2.63. The highest BCUT2D eigenvalue weighted by Crippen LogP contribution is 2.37. The van der Waals surface area contributed by atoms with Gasteiger partial charge in [0.25, 0.3) is 0 Å². The normalized spacial score (nSPS) is 10.6. The fourth-order valence-electron chi connectivity index (χ4n) is 1.61. The van der Waals surface area contributed by atoms with Crippen LogP contribution in [0.25, 0.3) is 0 Å². The minimum atomic E-state index is 0.406. The molecular formula is C14H10BrCl3O. The molecule has 0 amide bonds. The van der Waals surface area contributed by atoms with Crippen LogP contribution in [-0.2, 0) is 5.33 Å². The lowest BCUT2D eigenvalue weighted by atomic mass is 10.1. The number of alkyl halides is 1. The zero-order chi connectivity index (χ0) is 14.0. The van der Waals surface area contributed by atoms with Gasteiger partial charge in [0.2, 0.25) is 0 Å². The molecule has 0 saturated heterocycles. The molecule has 0 aliphatic carbocycles. The Labute approximate surface area is 135 Å². The monoisotopic (exact) mass is 378 g/mol. The van der Waals surface area contributed by atoms with E-state index in [4.69, 9.17) is 39.5 Å². The first kappa shape index (κ1) is 15.0. The van der Waals surface area contributed by atoms with Gasteiger partial charge in [-0.1, -0.05) is 68.4 Å². The number of hydrogen-bond donors (Lipinski definition) is 0. The molecule has 19 heavy (non-hydrogen) atoms. The van der Waals surface area contributed by atoms with Crippen molar-refractivity contribution in [3.63, 3.8) is 0 Å². The van der Waals surface area contributed by atoms with E-state index in [2.05, 4.69) is 22.0 Å². The van der Waals surface area contributed by atoms with Crippen molar-refractivity contribution < 1.29 is 4.74 Å². The van der Waals surface area contributed by atoms with Crippen molar-refractivity contribution in [2.75, 3.05) is 0 Å². The molecule has 0 aliphatic heterocycles. The Bertz CT molecular complexity index is 614. The Hall–Kier alpha value is -0.410. The van der Waals surface area contributed by atoms with Crippen LogP contribution < -0.4 is 4.74 Å². The maximum Gasteiger partial charge on any atom is 0.147 e. The third-order valence-corrected chi connectivity index (χ3v) is 4.18. The molecule has 2 aromatic rings. The van der Waals surface area contributed by atoms with E-state index in [-0.39, 0.29) is 0 Å². The maximum atomic E-state index is 6.10. The van der Waals surface area contributed by atoms with E-state index >= 15 is 0 Å². The predicted molar refractivity (Wildman–Crippen MR) is 85.4 cm³/mol. The van der Waals surface area contributed by atoms with Crippen molar-refractivity contribution in [1.29, 1.82) is 0 Å². The van der Waals surface area contributed by atoms with E-state index in [1.165, 1.54) is 5.56 Å². The van der Waals surface area contributed by atoms with Crippen LogP contribution in [-0.4, -0.2) is 0 Å². The number of hydrogen-bond acceptors (Lipinski definition) is 1. The van der Waals surface area contributed by atoms with Crippen molar-refractivity contribution >= 4 is 50.7 Å². The molecule has 0 atom stereocenters. The smallest absolute Gasteiger partial charge is 0.147 e. The molecule has 0 bridgehead atoms. The van der Waals surface area contributed by atoms with Gasteiger partial charge in [0.05, 0.1) is 15.1 Å². The van der Waals surface area contributed by atoms with Crippen LogP contribution in [0.15, 0.2) is 30.3 Å². The predicted octanol–water partition coefficient (Wildman–Crippen LogP) is 6.64. The van der Waals surface area contributed by atoms with E-state index in [1.54, 1.807) is 12.1 Å². The van der Waals surface area contributed by atoms with Crippen LogP contribution >= 0.6 is 50.7 Å². The lowest BCUT2D eigenvalue weighted by Crippen LogP contribution is -1.91. The summed E-state index contributed by atoms with van der Waals surface area (Å²) in [5, 5.41) is 1.94. The van der Waals surface area contributed by atoms with Gasteiger partial charge >= 0.3 is 0 Å². The summed E-state index contributed by atoms with van der Waals surface area (Å²) in [6.45, 7) is 2.03. The van der Waals surface area contributed by atoms with Gasteiger partial charge in [-0.3, -0.25) is 0 Å². The molecule has 0 unspecified atom stereocenters. The van der Waals surface area contributed by atoms with Gasteiger partial charge in [0, 0.05) is 17.0 Å². The Kier molecular flexibility index (Phi) is 5.02. The third kappa shape index (κ3) is 3.57. The lowest BCUT2D eigenvalue weighted by Gasteiger charge is -2.12. The van der Waals surface area contributed by atoms with Crippen molar-refractivity contribution in [3.05, 3.63) is 56.5 Å². The van der Waals surface area contributed by atoms with Gasteiger partial charge in [0.15, 0.2) is 0 Å². The molecule has 0 N–H and O–H groups in total. The first-order valence-corrected chi connectivity index (χ1v) is 7.74. The van der Waals surface area contributed by atoms with E-state index in [1.807, 2.05) is 19.1 Å². The molecule has 5 heteroatoms. The third-order valence-electron chi connectivity index (χ3n) is 2.55. The molecule has 0 heterocycles. The topological polar surface area (TPSA) is 9.23 Å². The number of benzene rings is 2. The Morgan fingerprint density at radius 2 is 1.63 bits per heavy atom. The molecule has 0 aliphatic rings. The standard InChI is InChI=1S/C14H10BrCl3O/c1-8-2-3-13(9(4-8)7-15)19-14-6-11(17)10(16)5-12(14)18/h2-6H,7H2,1H3. The summed E-state index contributed by atoms with van der Waals surface area (Å²) < 4.78 is 5.82. The summed E-state index contributed by atoms with van der Waals surface area (Å²) in [7, 11) is 0. The minimum Gasteiger partial charge on any atom is -0.455 e. The van der Waals surface area contributed by atoms with Crippen molar-refractivity contribution in [3.8, 4) is 11.5 Å². The van der Waals surface area contributed by atoms with Crippen molar-refractivity contribution in [2.45, 2.75) is 12.3 Å². The number of aryl methyl sites for hydroxylation is 1. The zero-order valence-electron chi connectivity index (χ0n) is 10.0. The summed E-state index contributed by atoms with van der Waals surface area (Å²) in [6.07, 6.45) is 0. The van der Waals surface area contributed by atoms with Crippen LogP contribution in [0.1, 0.15) is 11.1 Å². The molecule has 0 radical (unpaired) electrons.